The van der Waals surface area contributed by atoms with Crippen molar-refractivity contribution < 1.29 is 33.4 Å². The molecule has 2 unspecified atom stereocenters. The molecule has 1 aromatic rings. The Labute approximate surface area is 240 Å². The van der Waals surface area contributed by atoms with E-state index in [-0.39, 0.29) is 56.7 Å². The van der Waals surface area contributed by atoms with Crippen molar-refractivity contribution in [1.82, 2.24) is 30.5 Å². The van der Waals surface area contributed by atoms with E-state index in [2.05, 4.69) is 17.2 Å². The number of carbonyl (C=O) groups excluding carboxylic acids is 4. The van der Waals surface area contributed by atoms with E-state index in [9.17, 15) is 19.2 Å². The van der Waals surface area contributed by atoms with E-state index in [0.29, 0.717) is 26.0 Å². The zero-order chi connectivity index (χ0) is 29.4. The summed E-state index contributed by atoms with van der Waals surface area (Å²) in [4.78, 5) is 55.6. The van der Waals surface area contributed by atoms with Gasteiger partial charge in [-0.1, -0.05) is 24.8 Å². The summed E-state index contributed by atoms with van der Waals surface area (Å²) in [6.07, 6.45) is 2.66. The molecule has 0 aromatic heterocycles. The first-order chi connectivity index (χ1) is 19.8. The van der Waals surface area contributed by atoms with E-state index < -0.39 is 18.3 Å². The second-order valence-electron chi connectivity index (χ2n) is 10.3. The quantitative estimate of drug-likeness (QED) is 0.300. The summed E-state index contributed by atoms with van der Waals surface area (Å²) in [5.41, 5.74) is 0.891. The normalized spacial score (nSPS) is 22.8. The number of fused-ring (bicyclic) bond motifs is 1. The number of hydrazine groups is 1. The number of likely N-dealkylation sites (N-methyl/N-ethyl adjacent to an activating group) is 1. The largest absolute Gasteiger partial charge is 0.497 e. The summed E-state index contributed by atoms with van der Waals surface area (Å²) in [5, 5.41) is 8.72. The van der Waals surface area contributed by atoms with E-state index in [4.69, 9.17) is 14.2 Å². The lowest BCUT2D eigenvalue weighted by molar-refractivity contribution is -0.188. The Morgan fingerprint density at radius 3 is 2.66 bits per heavy atom. The number of hydrogen-bond acceptors (Lipinski definition) is 8. The van der Waals surface area contributed by atoms with Gasteiger partial charge in [-0.2, -0.15) is 0 Å². The Morgan fingerprint density at radius 2 is 1.98 bits per heavy atom. The Hall–Kier alpha value is -3.84. The molecule has 1 aromatic carbocycles. The number of nitrogens with one attached hydrogen (secondary N) is 2. The number of methoxy groups -OCH3 is 1. The van der Waals surface area contributed by atoms with Gasteiger partial charge in [0.2, 0.25) is 11.8 Å². The standard InChI is InChI=1S/C28H40N6O7/c1-4-14-41-28(38)29-13-5-8-23-26(36)32(17-22-7-6-15-40-22)18-24-33(23)25(35)19-31(2)34(24)27(37)30-16-20-9-11-21(39-3)12-10-20/h4,9-12,22-24H,1,5-8,13-19H2,2-3H3,(H,29,38)(H,30,37)/t22?,23-,24?/m0/s1. The lowest BCUT2D eigenvalue weighted by Crippen LogP contribution is -2.76. The maximum Gasteiger partial charge on any atom is 0.407 e. The Balaban J connectivity index is 1.48. The number of nitrogens with zero attached hydrogens (tertiary/aromatic N) is 4. The van der Waals surface area contributed by atoms with Crippen LogP contribution in [0.5, 0.6) is 5.75 Å². The van der Waals surface area contributed by atoms with Gasteiger partial charge in [0.05, 0.1) is 26.3 Å². The maximum absolute atomic E-state index is 13.7. The fourth-order valence-corrected chi connectivity index (χ4v) is 5.45. The molecule has 0 radical (unpaired) electrons. The van der Waals surface area contributed by atoms with Crippen LogP contribution in [0, 0.1) is 0 Å². The van der Waals surface area contributed by atoms with Gasteiger partial charge in [-0.05, 0) is 43.4 Å². The number of piperazine rings is 1. The second-order valence-corrected chi connectivity index (χ2v) is 10.3. The van der Waals surface area contributed by atoms with Crippen LogP contribution in [0.4, 0.5) is 9.59 Å². The Morgan fingerprint density at radius 1 is 1.20 bits per heavy atom. The topological polar surface area (TPSA) is 133 Å². The average Bonchev–Trinajstić information content (AvgIpc) is 3.48. The van der Waals surface area contributed by atoms with E-state index in [1.54, 1.807) is 24.1 Å². The van der Waals surface area contributed by atoms with Crippen LogP contribution in [-0.2, 0) is 25.6 Å². The third kappa shape index (κ3) is 7.47. The first-order valence-electron chi connectivity index (χ1n) is 14.0. The maximum atomic E-state index is 13.7. The molecular weight excluding hydrogens is 532 g/mol. The highest BCUT2D eigenvalue weighted by atomic mass is 16.5. The van der Waals surface area contributed by atoms with Crippen LogP contribution in [0.2, 0.25) is 0 Å². The molecule has 3 atom stereocenters. The molecule has 13 heteroatoms. The van der Waals surface area contributed by atoms with Gasteiger partial charge in [0.25, 0.3) is 0 Å². The van der Waals surface area contributed by atoms with Crippen LogP contribution in [0.15, 0.2) is 36.9 Å². The molecule has 3 saturated heterocycles. The number of rotatable bonds is 11. The van der Waals surface area contributed by atoms with E-state index >= 15 is 0 Å². The molecule has 3 aliphatic rings. The van der Waals surface area contributed by atoms with Crippen LogP contribution in [0.1, 0.15) is 31.2 Å². The minimum Gasteiger partial charge on any atom is -0.497 e. The zero-order valence-electron chi connectivity index (χ0n) is 23.8. The third-order valence-corrected chi connectivity index (χ3v) is 7.45. The molecule has 0 bridgehead atoms. The summed E-state index contributed by atoms with van der Waals surface area (Å²) >= 11 is 0. The predicted octanol–water partition coefficient (Wildman–Crippen LogP) is 1.30. The van der Waals surface area contributed by atoms with Crippen LogP contribution < -0.4 is 15.4 Å². The number of urea groups is 1. The molecule has 5 amide bonds. The van der Waals surface area contributed by atoms with Crippen LogP contribution in [-0.4, -0.2) is 116 Å². The number of ether oxygens (including phenoxy) is 3. The summed E-state index contributed by atoms with van der Waals surface area (Å²) < 4.78 is 15.9. The summed E-state index contributed by atoms with van der Waals surface area (Å²) in [7, 11) is 3.28. The van der Waals surface area contributed by atoms with Crippen molar-refractivity contribution in [3.05, 3.63) is 42.5 Å². The molecule has 0 aliphatic carbocycles. The van der Waals surface area contributed by atoms with Crippen molar-refractivity contribution in [3.63, 3.8) is 0 Å². The lowest BCUT2D eigenvalue weighted by atomic mass is 10.0. The highest BCUT2D eigenvalue weighted by Gasteiger charge is 2.50. The number of benzene rings is 1. The van der Waals surface area contributed by atoms with Crippen molar-refractivity contribution in [2.45, 2.75) is 50.5 Å². The first kappa shape index (κ1) is 30.1. The van der Waals surface area contributed by atoms with Crippen molar-refractivity contribution >= 4 is 23.9 Å². The SMILES string of the molecule is C=CCOC(=O)NCCC[C@H]1C(=O)N(CC2CCCO2)CC2N1C(=O)CN(C)N2C(=O)NCc1ccc(OC)cc1. The minimum atomic E-state index is -0.778. The summed E-state index contributed by atoms with van der Waals surface area (Å²) in [6.45, 7) is 5.33. The first-order valence-corrected chi connectivity index (χ1v) is 14.0. The lowest BCUT2D eigenvalue weighted by Gasteiger charge is -2.54. The monoisotopic (exact) mass is 572 g/mol. The highest BCUT2D eigenvalue weighted by molar-refractivity contribution is 5.91. The smallest absolute Gasteiger partial charge is 0.407 e. The second kappa shape index (κ2) is 14.2. The molecular formula is C28H40N6O7. The molecule has 13 nitrogen and oxygen atoms in total. The fraction of sp³-hybridized carbons (Fsp3) is 0.571. The van der Waals surface area contributed by atoms with Crippen LogP contribution in [0.25, 0.3) is 0 Å². The Bertz CT molecular complexity index is 1090. The van der Waals surface area contributed by atoms with Gasteiger partial charge in [-0.3, -0.25) is 9.59 Å². The van der Waals surface area contributed by atoms with Gasteiger partial charge in [0, 0.05) is 33.3 Å². The molecule has 41 heavy (non-hydrogen) atoms. The highest BCUT2D eigenvalue weighted by Crippen LogP contribution is 2.29. The fourth-order valence-electron chi connectivity index (χ4n) is 5.45. The molecule has 3 fully saturated rings. The zero-order valence-corrected chi connectivity index (χ0v) is 23.8. The number of carbonyl (C=O) groups is 4. The molecule has 4 rings (SSSR count). The third-order valence-electron chi connectivity index (χ3n) is 7.45. The number of alkyl carbamates (subject to hydrolysis) is 1. The van der Waals surface area contributed by atoms with Gasteiger partial charge < -0.3 is 34.6 Å². The summed E-state index contributed by atoms with van der Waals surface area (Å²) in [5.74, 6) is 0.311. The van der Waals surface area contributed by atoms with Crippen LogP contribution >= 0.6 is 0 Å². The molecule has 224 valence electrons. The van der Waals surface area contributed by atoms with Crippen LogP contribution in [0.3, 0.4) is 0 Å². The van der Waals surface area contributed by atoms with Crippen molar-refractivity contribution in [2.24, 2.45) is 0 Å². The van der Waals surface area contributed by atoms with Gasteiger partial charge in [0.15, 0.2) is 0 Å². The molecule has 2 N–H and O–H groups in total. The predicted molar refractivity (Wildman–Crippen MR) is 148 cm³/mol. The van der Waals surface area contributed by atoms with E-state index in [1.165, 1.54) is 16.0 Å². The van der Waals surface area contributed by atoms with Crippen molar-refractivity contribution in [2.75, 3.05) is 53.6 Å². The number of hydrogen-bond donors (Lipinski definition) is 2. The molecule has 0 saturated carbocycles. The Kier molecular flexibility index (Phi) is 10.4. The van der Waals surface area contributed by atoms with E-state index in [0.717, 1.165) is 24.2 Å². The summed E-state index contributed by atoms with van der Waals surface area (Å²) in [6, 6.07) is 6.23. The van der Waals surface area contributed by atoms with Gasteiger partial charge >= 0.3 is 12.1 Å². The molecule has 0 spiro atoms. The molecule has 3 heterocycles. The van der Waals surface area contributed by atoms with E-state index in [1.807, 2.05) is 24.3 Å². The van der Waals surface area contributed by atoms with Gasteiger partial charge in [0.1, 0.15) is 24.6 Å². The average molecular weight is 573 g/mol. The van der Waals surface area contributed by atoms with Crippen molar-refractivity contribution in [3.8, 4) is 5.75 Å². The van der Waals surface area contributed by atoms with Gasteiger partial charge in [-0.15, -0.1) is 0 Å². The molecule has 3 aliphatic heterocycles. The minimum absolute atomic E-state index is 0.0475. The number of amides is 5. The van der Waals surface area contributed by atoms with Crippen molar-refractivity contribution in [1.29, 1.82) is 0 Å². The van der Waals surface area contributed by atoms with Gasteiger partial charge in [-0.25, -0.2) is 19.6 Å².